The Balaban J connectivity index is 1.27. The molecule has 0 unspecified atom stereocenters. The van der Waals surface area contributed by atoms with Crippen LogP contribution < -0.4 is 5.73 Å². The summed E-state index contributed by atoms with van der Waals surface area (Å²) in [5.74, 6) is 0.338. The summed E-state index contributed by atoms with van der Waals surface area (Å²) in [5.41, 5.74) is 10.4. The predicted molar refractivity (Wildman–Crippen MR) is 154 cm³/mol. The van der Waals surface area contributed by atoms with Crippen molar-refractivity contribution >= 4 is 11.8 Å². The summed E-state index contributed by atoms with van der Waals surface area (Å²) in [6.07, 6.45) is 10.2. The van der Waals surface area contributed by atoms with Crippen molar-refractivity contribution in [3.8, 4) is 28.2 Å². The molecule has 4 aromatic rings. The largest absolute Gasteiger partial charge is 0.366 e. The number of benzene rings is 2. The standard InChI is InChI=1S/C31H35N7O2/c1-35-20-22(19-33-35)26-10-6-11-27(30(32)40)29(26)31-34-23(21-38(31)25-8-3-2-4-9-25)7-5-12-28(39)37-17-15-36(16-18-37)24-13-14-24/h2-4,6,8-11,19-21,24H,5,7,12-18H2,1H3,(H2,32,40). The molecular formula is C31H35N7O2. The molecule has 3 heterocycles. The number of hydrogen-bond acceptors (Lipinski definition) is 5. The summed E-state index contributed by atoms with van der Waals surface area (Å²) in [6.45, 7) is 3.62. The molecule has 0 atom stereocenters. The third kappa shape index (κ3) is 5.42. The lowest BCUT2D eigenvalue weighted by Crippen LogP contribution is -2.49. The molecular weight excluding hydrogens is 502 g/mol. The van der Waals surface area contributed by atoms with Crippen LogP contribution in [0.25, 0.3) is 28.2 Å². The minimum atomic E-state index is -0.516. The summed E-state index contributed by atoms with van der Waals surface area (Å²) in [4.78, 5) is 35.1. The quantitative estimate of drug-likeness (QED) is 0.351. The zero-order valence-electron chi connectivity index (χ0n) is 22.9. The fourth-order valence-electron chi connectivity index (χ4n) is 5.67. The maximum Gasteiger partial charge on any atom is 0.249 e. The Hall–Kier alpha value is -4.24. The summed E-state index contributed by atoms with van der Waals surface area (Å²) >= 11 is 0. The number of carbonyl (C=O) groups excluding carboxylic acids is 2. The first-order chi connectivity index (χ1) is 19.5. The van der Waals surface area contributed by atoms with E-state index in [1.54, 1.807) is 16.9 Å². The maximum atomic E-state index is 12.9. The average molecular weight is 538 g/mol. The molecule has 2 aromatic carbocycles. The summed E-state index contributed by atoms with van der Waals surface area (Å²) < 4.78 is 3.74. The number of imidazole rings is 1. The van der Waals surface area contributed by atoms with Crippen LogP contribution in [0.15, 0.2) is 67.1 Å². The average Bonchev–Trinajstić information content (AvgIpc) is 3.60. The number of carbonyl (C=O) groups is 2. The number of hydrogen-bond donors (Lipinski definition) is 1. The molecule has 2 aromatic heterocycles. The van der Waals surface area contributed by atoms with E-state index in [2.05, 4.69) is 10.00 Å². The van der Waals surface area contributed by atoms with Gasteiger partial charge in [-0.25, -0.2) is 4.98 Å². The molecule has 1 saturated carbocycles. The van der Waals surface area contributed by atoms with Gasteiger partial charge in [0.1, 0.15) is 5.82 Å². The first kappa shape index (κ1) is 26.0. The van der Waals surface area contributed by atoms with Crippen molar-refractivity contribution < 1.29 is 9.59 Å². The van der Waals surface area contributed by atoms with Gasteiger partial charge in [-0.1, -0.05) is 30.3 Å². The molecule has 0 bridgehead atoms. The van der Waals surface area contributed by atoms with Gasteiger partial charge in [0, 0.05) is 74.9 Å². The van der Waals surface area contributed by atoms with Gasteiger partial charge in [-0.15, -0.1) is 0 Å². The van der Waals surface area contributed by atoms with Crippen LogP contribution in [0.2, 0.25) is 0 Å². The highest BCUT2D eigenvalue weighted by atomic mass is 16.2. The molecule has 9 heteroatoms. The van der Waals surface area contributed by atoms with Gasteiger partial charge in [0.15, 0.2) is 0 Å². The second kappa shape index (κ2) is 11.1. The van der Waals surface area contributed by atoms with Gasteiger partial charge in [-0.05, 0) is 49.4 Å². The topological polar surface area (TPSA) is 102 Å². The van der Waals surface area contributed by atoms with Crippen LogP contribution in [0.3, 0.4) is 0 Å². The van der Waals surface area contributed by atoms with Crippen molar-refractivity contribution in [3.63, 3.8) is 0 Å². The number of rotatable bonds is 9. The van der Waals surface area contributed by atoms with Gasteiger partial charge < -0.3 is 10.6 Å². The Bertz CT molecular complexity index is 1510. The molecule has 1 aliphatic heterocycles. The predicted octanol–water partition coefficient (Wildman–Crippen LogP) is 3.67. The van der Waals surface area contributed by atoms with Crippen LogP contribution in [-0.4, -0.2) is 73.2 Å². The Labute approximate surface area is 234 Å². The summed E-state index contributed by atoms with van der Waals surface area (Å²) in [6, 6.07) is 16.2. The Morgan fingerprint density at radius 2 is 1.75 bits per heavy atom. The molecule has 0 spiro atoms. The summed E-state index contributed by atoms with van der Waals surface area (Å²) in [7, 11) is 1.86. The molecule has 6 rings (SSSR count). The van der Waals surface area contributed by atoms with Gasteiger partial charge in [-0.3, -0.25) is 23.7 Å². The lowest BCUT2D eigenvalue weighted by molar-refractivity contribution is -0.133. The Morgan fingerprint density at radius 3 is 2.42 bits per heavy atom. The fourth-order valence-corrected chi connectivity index (χ4v) is 5.67. The number of aryl methyl sites for hydroxylation is 2. The molecule has 2 aliphatic rings. The highest BCUT2D eigenvalue weighted by molar-refractivity contribution is 6.03. The minimum absolute atomic E-state index is 0.219. The van der Waals surface area contributed by atoms with E-state index >= 15 is 0 Å². The first-order valence-corrected chi connectivity index (χ1v) is 14.1. The fraction of sp³-hybridized carbons (Fsp3) is 0.355. The van der Waals surface area contributed by atoms with E-state index < -0.39 is 5.91 Å². The van der Waals surface area contributed by atoms with E-state index in [0.29, 0.717) is 36.2 Å². The van der Waals surface area contributed by atoms with Gasteiger partial charge in [0.25, 0.3) is 0 Å². The number of aromatic nitrogens is 4. The van der Waals surface area contributed by atoms with Gasteiger partial charge >= 0.3 is 0 Å². The SMILES string of the molecule is Cn1cc(-c2cccc(C(N)=O)c2-c2nc(CCCC(=O)N3CCN(C4CC4)CC3)cn2-c2ccccc2)cn1. The van der Waals surface area contributed by atoms with Crippen LogP contribution in [0, 0.1) is 0 Å². The van der Waals surface area contributed by atoms with Crippen molar-refractivity contribution in [1.82, 2.24) is 29.1 Å². The van der Waals surface area contributed by atoms with E-state index in [9.17, 15) is 9.59 Å². The van der Waals surface area contributed by atoms with Crippen molar-refractivity contribution in [1.29, 1.82) is 0 Å². The zero-order valence-corrected chi connectivity index (χ0v) is 22.9. The second-order valence-corrected chi connectivity index (χ2v) is 10.8. The summed E-state index contributed by atoms with van der Waals surface area (Å²) in [5, 5.41) is 4.33. The molecule has 206 valence electrons. The van der Waals surface area contributed by atoms with E-state index in [4.69, 9.17) is 10.7 Å². The lowest BCUT2D eigenvalue weighted by atomic mass is 9.96. The van der Waals surface area contributed by atoms with Crippen LogP contribution in [-0.2, 0) is 18.3 Å². The minimum Gasteiger partial charge on any atom is -0.366 e. The van der Waals surface area contributed by atoms with Crippen LogP contribution in [0.5, 0.6) is 0 Å². The number of primary amides is 1. The van der Waals surface area contributed by atoms with Crippen LogP contribution in [0.1, 0.15) is 41.7 Å². The molecule has 2 N–H and O–H groups in total. The monoisotopic (exact) mass is 537 g/mol. The van der Waals surface area contributed by atoms with Gasteiger partial charge in [0.05, 0.1) is 17.5 Å². The number of nitrogens with two attached hydrogens (primary N) is 1. The normalized spacial score (nSPS) is 15.9. The van der Waals surface area contributed by atoms with Crippen LogP contribution >= 0.6 is 0 Å². The first-order valence-electron chi connectivity index (χ1n) is 14.1. The van der Waals surface area contributed by atoms with E-state index in [-0.39, 0.29) is 5.91 Å². The highest BCUT2D eigenvalue weighted by Crippen LogP contribution is 2.36. The molecule has 2 amide bonds. The van der Waals surface area contributed by atoms with Gasteiger partial charge in [0.2, 0.25) is 11.8 Å². The van der Waals surface area contributed by atoms with Gasteiger partial charge in [-0.2, -0.15) is 5.10 Å². The van der Waals surface area contributed by atoms with E-state index in [0.717, 1.165) is 54.7 Å². The molecule has 40 heavy (non-hydrogen) atoms. The van der Waals surface area contributed by atoms with E-state index in [1.807, 2.05) is 71.4 Å². The number of amides is 2. The number of para-hydroxylation sites is 1. The molecule has 1 aliphatic carbocycles. The van der Waals surface area contributed by atoms with E-state index in [1.165, 1.54) is 12.8 Å². The Kier molecular flexibility index (Phi) is 7.21. The van der Waals surface area contributed by atoms with Crippen molar-refractivity contribution in [2.24, 2.45) is 12.8 Å². The van der Waals surface area contributed by atoms with Crippen molar-refractivity contribution in [3.05, 3.63) is 78.4 Å². The Morgan fingerprint density at radius 1 is 0.975 bits per heavy atom. The molecule has 2 fully saturated rings. The zero-order chi connectivity index (χ0) is 27.6. The van der Waals surface area contributed by atoms with Crippen LogP contribution in [0.4, 0.5) is 0 Å². The van der Waals surface area contributed by atoms with Crippen molar-refractivity contribution in [2.75, 3.05) is 26.2 Å². The molecule has 0 radical (unpaired) electrons. The smallest absolute Gasteiger partial charge is 0.249 e. The molecule has 1 saturated heterocycles. The third-order valence-electron chi connectivity index (χ3n) is 7.91. The maximum absolute atomic E-state index is 12.9. The highest BCUT2D eigenvalue weighted by Gasteiger charge is 2.32. The third-order valence-corrected chi connectivity index (χ3v) is 7.91. The van der Waals surface area contributed by atoms with Crippen molar-refractivity contribution in [2.45, 2.75) is 38.1 Å². The second-order valence-electron chi connectivity index (χ2n) is 10.8. The molecule has 9 nitrogen and oxygen atoms in total. The lowest BCUT2D eigenvalue weighted by Gasteiger charge is -2.34. The number of nitrogens with zero attached hydrogens (tertiary/aromatic N) is 6. The number of piperazine rings is 1.